The monoisotopic (exact) mass is 456 g/mol. The summed E-state index contributed by atoms with van der Waals surface area (Å²) in [5.41, 5.74) is 7.54. The van der Waals surface area contributed by atoms with E-state index in [0.717, 1.165) is 34.0 Å². The third-order valence-electron chi connectivity index (χ3n) is 6.25. The van der Waals surface area contributed by atoms with Gasteiger partial charge in [0.05, 0.1) is 17.8 Å². The van der Waals surface area contributed by atoms with Gasteiger partial charge in [-0.25, -0.2) is 4.39 Å². The summed E-state index contributed by atoms with van der Waals surface area (Å²) in [6, 6.07) is 22.9. The predicted octanol–water partition coefficient (Wildman–Crippen LogP) is 6.11. The highest BCUT2D eigenvalue weighted by Crippen LogP contribution is 2.43. The molecule has 0 spiro atoms. The zero-order valence-corrected chi connectivity index (χ0v) is 19.6. The van der Waals surface area contributed by atoms with Crippen molar-refractivity contribution in [2.75, 3.05) is 4.90 Å². The fraction of sp³-hybridized carbons (Fsp3) is 0.185. The van der Waals surface area contributed by atoms with Crippen molar-refractivity contribution in [3.63, 3.8) is 0 Å². The van der Waals surface area contributed by atoms with E-state index in [-0.39, 0.29) is 17.9 Å². The molecule has 0 unspecified atom stereocenters. The summed E-state index contributed by atoms with van der Waals surface area (Å²) in [4.78, 5) is 6.71. The number of aryl methyl sites for hydroxylation is 2. The summed E-state index contributed by atoms with van der Waals surface area (Å²) in [6.45, 7) is 6.37. The molecule has 1 aliphatic rings. The molecule has 166 valence electrons. The van der Waals surface area contributed by atoms with Crippen LogP contribution in [0.5, 0.6) is 0 Å². The normalized spacial score (nSPS) is 17.9. The van der Waals surface area contributed by atoms with Gasteiger partial charge in [0.15, 0.2) is 5.11 Å². The molecule has 4 nitrogen and oxygen atoms in total. The Morgan fingerprint density at radius 2 is 1.70 bits per heavy atom. The van der Waals surface area contributed by atoms with Gasteiger partial charge in [0, 0.05) is 29.0 Å². The van der Waals surface area contributed by atoms with Crippen molar-refractivity contribution >= 4 is 23.0 Å². The lowest BCUT2D eigenvalue weighted by Crippen LogP contribution is -2.29. The van der Waals surface area contributed by atoms with Gasteiger partial charge in [-0.1, -0.05) is 18.2 Å². The molecule has 1 saturated heterocycles. The molecule has 0 bridgehead atoms. The Balaban J connectivity index is 1.68. The Kier molecular flexibility index (Phi) is 5.46. The van der Waals surface area contributed by atoms with Crippen LogP contribution in [0.3, 0.4) is 0 Å². The second-order valence-electron chi connectivity index (χ2n) is 8.47. The Morgan fingerprint density at radius 3 is 2.39 bits per heavy atom. The minimum atomic E-state index is -0.271. The molecule has 1 aliphatic heterocycles. The number of aromatic nitrogens is 2. The maximum absolute atomic E-state index is 13.7. The average Bonchev–Trinajstić information content (AvgIpc) is 3.30. The predicted molar refractivity (Wildman–Crippen MR) is 134 cm³/mol. The first-order chi connectivity index (χ1) is 15.9. The summed E-state index contributed by atoms with van der Waals surface area (Å²) < 4.78 is 16.0. The number of hydrogen-bond donors (Lipinski definition) is 1. The number of thiocarbonyl (C=S) groups is 1. The van der Waals surface area contributed by atoms with Crippen LogP contribution in [0.2, 0.25) is 0 Å². The first-order valence-corrected chi connectivity index (χ1v) is 11.4. The first-order valence-electron chi connectivity index (χ1n) is 11.0. The van der Waals surface area contributed by atoms with Crippen LogP contribution in [-0.2, 0) is 0 Å². The van der Waals surface area contributed by atoms with Crippen LogP contribution in [0, 0.1) is 26.6 Å². The second-order valence-corrected chi connectivity index (χ2v) is 8.86. The zero-order chi connectivity index (χ0) is 23.1. The molecule has 0 saturated carbocycles. The lowest BCUT2D eigenvalue weighted by Gasteiger charge is -2.28. The molecular weight excluding hydrogens is 431 g/mol. The van der Waals surface area contributed by atoms with E-state index < -0.39 is 0 Å². The highest BCUT2D eigenvalue weighted by molar-refractivity contribution is 7.80. The van der Waals surface area contributed by atoms with E-state index in [0.29, 0.717) is 5.11 Å². The number of hydrogen-bond acceptors (Lipinski definition) is 2. The van der Waals surface area contributed by atoms with Crippen molar-refractivity contribution < 1.29 is 4.39 Å². The van der Waals surface area contributed by atoms with Crippen molar-refractivity contribution in [1.82, 2.24) is 14.9 Å². The van der Waals surface area contributed by atoms with Crippen molar-refractivity contribution in [3.05, 3.63) is 113 Å². The topological polar surface area (TPSA) is 33.1 Å². The summed E-state index contributed by atoms with van der Waals surface area (Å²) >= 11 is 5.79. The Morgan fingerprint density at radius 1 is 0.909 bits per heavy atom. The van der Waals surface area contributed by atoms with Crippen LogP contribution in [0.1, 0.15) is 40.3 Å². The third-order valence-corrected chi connectivity index (χ3v) is 6.57. The van der Waals surface area contributed by atoms with Gasteiger partial charge in [-0.15, -0.1) is 0 Å². The van der Waals surface area contributed by atoms with Crippen LogP contribution < -0.4 is 10.2 Å². The van der Waals surface area contributed by atoms with E-state index in [1.54, 1.807) is 18.3 Å². The number of anilines is 1. The Bertz CT molecular complexity index is 1310. The van der Waals surface area contributed by atoms with Gasteiger partial charge < -0.3 is 14.8 Å². The van der Waals surface area contributed by atoms with Gasteiger partial charge in [0.2, 0.25) is 0 Å². The number of rotatable bonds is 4. The minimum Gasteiger partial charge on any atom is -0.351 e. The molecule has 0 radical (unpaired) electrons. The minimum absolute atomic E-state index is 0.136. The van der Waals surface area contributed by atoms with E-state index in [2.05, 4.69) is 70.9 Å². The van der Waals surface area contributed by atoms with E-state index in [9.17, 15) is 4.39 Å². The fourth-order valence-corrected chi connectivity index (χ4v) is 5.15. The van der Waals surface area contributed by atoms with Gasteiger partial charge >= 0.3 is 0 Å². The SMILES string of the molecule is Cc1cccc(-n2c(C)cc([C@@H]3[C@H](c4ccccn4)NC(=S)N3c3ccc(F)cc3)c2C)c1. The molecule has 5 rings (SSSR count). The molecule has 0 amide bonds. The zero-order valence-electron chi connectivity index (χ0n) is 18.8. The summed E-state index contributed by atoms with van der Waals surface area (Å²) in [5, 5.41) is 4.08. The van der Waals surface area contributed by atoms with E-state index in [1.807, 2.05) is 18.2 Å². The first kappa shape index (κ1) is 21.3. The molecular formula is C27H25FN4S. The molecule has 1 N–H and O–H groups in total. The summed E-state index contributed by atoms with van der Waals surface area (Å²) in [6.07, 6.45) is 1.80. The smallest absolute Gasteiger partial charge is 0.174 e. The molecule has 1 fully saturated rings. The average molecular weight is 457 g/mol. The highest BCUT2D eigenvalue weighted by Gasteiger charge is 2.42. The number of nitrogens with zero attached hydrogens (tertiary/aromatic N) is 3. The maximum Gasteiger partial charge on any atom is 0.174 e. The van der Waals surface area contributed by atoms with Crippen molar-refractivity contribution in [3.8, 4) is 5.69 Å². The van der Waals surface area contributed by atoms with E-state index >= 15 is 0 Å². The molecule has 2 aromatic heterocycles. The van der Waals surface area contributed by atoms with Crippen molar-refractivity contribution in [1.29, 1.82) is 0 Å². The molecule has 6 heteroatoms. The Hall–Kier alpha value is -3.51. The van der Waals surface area contributed by atoms with E-state index in [1.165, 1.54) is 17.7 Å². The molecule has 2 atom stereocenters. The van der Waals surface area contributed by atoms with Crippen LogP contribution in [0.4, 0.5) is 10.1 Å². The van der Waals surface area contributed by atoms with Gasteiger partial charge in [-0.05, 0) is 98.7 Å². The number of benzene rings is 2. The highest BCUT2D eigenvalue weighted by atomic mass is 32.1. The number of pyridine rings is 1. The van der Waals surface area contributed by atoms with Crippen LogP contribution in [-0.4, -0.2) is 14.7 Å². The number of nitrogens with one attached hydrogen (secondary N) is 1. The largest absolute Gasteiger partial charge is 0.351 e. The van der Waals surface area contributed by atoms with Gasteiger partial charge in [0.25, 0.3) is 0 Å². The van der Waals surface area contributed by atoms with Crippen molar-refractivity contribution in [2.24, 2.45) is 0 Å². The van der Waals surface area contributed by atoms with Crippen LogP contribution in [0.15, 0.2) is 79.0 Å². The quantitative estimate of drug-likeness (QED) is 0.376. The molecule has 33 heavy (non-hydrogen) atoms. The van der Waals surface area contributed by atoms with Crippen LogP contribution in [0.25, 0.3) is 5.69 Å². The second kappa shape index (κ2) is 8.45. The van der Waals surface area contributed by atoms with Crippen molar-refractivity contribution in [2.45, 2.75) is 32.9 Å². The fourth-order valence-electron chi connectivity index (χ4n) is 4.80. The molecule has 0 aliphatic carbocycles. The molecule has 3 heterocycles. The van der Waals surface area contributed by atoms with E-state index in [4.69, 9.17) is 12.2 Å². The summed E-state index contributed by atoms with van der Waals surface area (Å²) in [7, 11) is 0. The lowest BCUT2D eigenvalue weighted by molar-refractivity contribution is 0.565. The Labute approximate surface area is 198 Å². The summed E-state index contributed by atoms with van der Waals surface area (Å²) in [5.74, 6) is -0.271. The number of halogens is 1. The third kappa shape index (κ3) is 3.80. The van der Waals surface area contributed by atoms with Gasteiger partial charge in [-0.3, -0.25) is 4.98 Å². The standard InChI is InChI=1S/C27H25FN4S/c1-17-7-6-8-22(15-17)31-18(2)16-23(19(31)3)26-25(24-9-4-5-14-29-24)30-27(33)32(26)21-12-10-20(28)11-13-21/h4-16,25-26H,1-3H3,(H,30,33)/t25-,26+/m0/s1. The molecule has 2 aromatic carbocycles. The lowest BCUT2D eigenvalue weighted by atomic mass is 9.96. The van der Waals surface area contributed by atoms with Crippen LogP contribution >= 0.6 is 12.2 Å². The maximum atomic E-state index is 13.7. The van der Waals surface area contributed by atoms with Gasteiger partial charge in [-0.2, -0.15) is 0 Å². The molecule has 4 aromatic rings. The van der Waals surface area contributed by atoms with Gasteiger partial charge in [0.1, 0.15) is 5.82 Å².